The summed E-state index contributed by atoms with van der Waals surface area (Å²) in [6.07, 6.45) is 7.25. The molecule has 0 radical (unpaired) electrons. The molecule has 0 aromatic heterocycles. The Kier molecular flexibility index (Phi) is 6.35. The van der Waals surface area contributed by atoms with Gasteiger partial charge in [0, 0.05) is 35.2 Å². The highest BCUT2D eigenvalue weighted by molar-refractivity contribution is 5.17. The molecule has 0 N–H and O–H groups in total. The second-order valence-corrected chi connectivity index (χ2v) is 12.4. The lowest BCUT2D eigenvalue weighted by molar-refractivity contribution is -0.124. The number of likely N-dealkylation sites (tertiary alicyclic amines) is 2. The predicted molar refractivity (Wildman–Crippen MR) is 131 cm³/mol. The van der Waals surface area contributed by atoms with Gasteiger partial charge in [-0.3, -0.25) is 9.80 Å². The van der Waals surface area contributed by atoms with Gasteiger partial charge in [0.15, 0.2) is 0 Å². The van der Waals surface area contributed by atoms with Gasteiger partial charge in [-0.1, -0.05) is 36.4 Å². The topological polar surface area (TPSA) is 6.48 Å². The largest absolute Gasteiger partial charge is 0.289 e. The Labute approximate surface area is 186 Å². The molecule has 2 aliphatic heterocycles. The summed E-state index contributed by atoms with van der Waals surface area (Å²) in [6.45, 7) is 25.8. The standard InChI is InChI=1S/C28H46N2/c1-10-18-29-26(4,5)19-23(20-27(29,6)7)24-16-17-25(2,3)30(28(24,8)9)21-22-14-12-11-13-15-22/h10-15,23-24H,1,16-21H2,2-9H3. The van der Waals surface area contributed by atoms with Crippen LogP contribution in [0.3, 0.4) is 0 Å². The first-order chi connectivity index (χ1) is 13.8. The van der Waals surface area contributed by atoms with Gasteiger partial charge in [0.1, 0.15) is 0 Å². The molecule has 1 unspecified atom stereocenters. The maximum atomic E-state index is 4.04. The molecule has 2 heterocycles. The average molecular weight is 411 g/mol. The van der Waals surface area contributed by atoms with Crippen molar-refractivity contribution in [3.8, 4) is 0 Å². The molecule has 0 spiro atoms. The molecule has 30 heavy (non-hydrogen) atoms. The number of piperidine rings is 2. The van der Waals surface area contributed by atoms with E-state index in [0.29, 0.717) is 0 Å². The van der Waals surface area contributed by atoms with Crippen molar-refractivity contribution in [2.45, 2.75) is 110 Å². The van der Waals surface area contributed by atoms with E-state index in [1.54, 1.807) is 0 Å². The van der Waals surface area contributed by atoms with E-state index in [0.717, 1.165) is 24.9 Å². The fraction of sp³-hybridized carbons (Fsp3) is 0.714. The van der Waals surface area contributed by atoms with Crippen LogP contribution in [0.4, 0.5) is 0 Å². The first-order valence-corrected chi connectivity index (χ1v) is 12.0. The van der Waals surface area contributed by atoms with Gasteiger partial charge in [-0.15, -0.1) is 6.58 Å². The SMILES string of the molecule is C=CCN1C(C)(C)CC(C2CCC(C)(C)N(Cc3ccccc3)C2(C)C)CC1(C)C. The maximum Gasteiger partial charge on any atom is 0.0244 e. The van der Waals surface area contributed by atoms with Crippen LogP contribution in [-0.4, -0.2) is 38.5 Å². The number of hydrogen-bond donors (Lipinski definition) is 0. The molecule has 2 aliphatic rings. The molecule has 1 atom stereocenters. The third-order valence-electron chi connectivity index (χ3n) is 8.45. The zero-order chi connectivity index (χ0) is 22.4. The van der Waals surface area contributed by atoms with E-state index in [9.17, 15) is 0 Å². The number of nitrogens with zero attached hydrogens (tertiary/aromatic N) is 2. The number of benzene rings is 1. The summed E-state index contributed by atoms with van der Waals surface area (Å²) in [7, 11) is 0. The van der Waals surface area contributed by atoms with E-state index in [1.165, 1.54) is 31.2 Å². The summed E-state index contributed by atoms with van der Waals surface area (Å²) < 4.78 is 0. The van der Waals surface area contributed by atoms with Crippen molar-refractivity contribution in [2.75, 3.05) is 6.54 Å². The fourth-order valence-corrected chi connectivity index (χ4v) is 7.28. The van der Waals surface area contributed by atoms with Crippen molar-refractivity contribution in [3.05, 3.63) is 48.6 Å². The first kappa shape index (κ1) is 23.5. The molecule has 2 saturated heterocycles. The average Bonchev–Trinajstić information content (AvgIpc) is 2.61. The summed E-state index contributed by atoms with van der Waals surface area (Å²) >= 11 is 0. The predicted octanol–water partition coefficient (Wildman–Crippen LogP) is 6.91. The van der Waals surface area contributed by atoms with Gasteiger partial charge in [0.05, 0.1) is 0 Å². The van der Waals surface area contributed by atoms with Crippen LogP contribution in [0.1, 0.15) is 86.6 Å². The van der Waals surface area contributed by atoms with Crippen LogP contribution in [0, 0.1) is 11.8 Å². The van der Waals surface area contributed by atoms with Crippen LogP contribution in [0.5, 0.6) is 0 Å². The summed E-state index contributed by atoms with van der Waals surface area (Å²) in [5.74, 6) is 1.47. The first-order valence-electron chi connectivity index (χ1n) is 12.0. The maximum absolute atomic E-state index is 4.04. The monoisotopic (exact) mass is 410 g/mol. The van der Waals surface area contributed by atoms with Crippen molar-refractivity contribution in [3.63, 3.8) is 0 Å². The minimum atomic E-state index is 0.176. The van der Waals surface area contributed by atoms with Crippen molar-refractivity contribution >= 4 is 0 Å². The van der Waals surface area contributed by atoms with E-state index < -0.39 is 0 Å². The van der Waals surface area contributed by atoms with E-state index >= 15 is 0 Å². The molecule has 0 bridgehead atoms. The van der Waals surface area contributed by atoms with Crippen LogP contribution in [0.2, 0.25) is 0 Å². The number of hydrogen-bond acceptors (Lipinski definition) is 2. The van der Waals surface area contributed by atoms with Gasteiger partial charge in [-0.05, 0) is 98.5 Å². The molecule has 2 fully saturated rings. The third kappa shape index (κ3) is 4.41. The zero-order valence-electron chi connectivity index (χ0n) is 21.0. The molecule has 0 aliphatic carbocycles. The zero-order valence-corrected chi connectivity index (χ0v) is 21.0. The smallest absolute Gasteiger partial charge is 0.0244 e. The lowest BCUT2D eigenvalue weighted by atomic mass is 9.60. The third-order valence-corrected chi connectivity index (χ3v) is 8.45. The van der Waals surface area contributed by atoms with Crippen LogP contribution in [0.15, 0.2) is 43.0 Å². The van der Waals surface area contributed by atoms with Crippen molar-refractivity contribution in [1.29, 1.82) is 0 Å². The Morgan fingerprint density at radius 3 is 1.97 bits per heavy atom. The summed E-state index contributed by atoms with van der Waals surface area (Å²) in [5, 5.41) is 0. The van der Waals surface area contributed by atoms with Crippen LogP contribution >= 0.6 is 0 Å². The molecule has 2 nitrogen and oxygen atoms in total. The molecule has 3 rings (SSSR count). The van der Waals surface area contributed by atoms with Crippen molar-refractivity contribution in [1.82, 2.24) is 9.80 Å². The molecular formula is C28H46N2. The Hall–Kier alpha value is -1.12. The minimum Gasteiger partial charge on any atom is -0.289 e. The second kappa shape index (κ2) is 8.10. The number of rotatable bonds is 5. The molecular weight excluding hydrogens is 364 g/mol. The molecule has 168 valence electrons. The fourth-order valence-electron chi connectivity index (χ4n) is 7.28. The Morgan fingerprint density at radius 2 is 1.43 bits per heavy atom. The summed E-state index contributed by atoms with van der Waals surface area (Å²) in [6, 6.07) is 11.1. The highest BCUT2D eigenvalue weighted by Crippen LogP contribution is 2.52. The van der Waals surface area contributed by atoms with E-state index in [-0.39, 0.29) is 22.2 Å². The van der Waals surface area contributed by atoms with Gasteiger partial charge < -0.3 is 0 Å². The summed E-state index contributed by atoms with van der Waals surface area (Å²) in [5.41, 5.74) is 2.24. The Bertz CT molecular complexity index is 710. The lowest BCUT2D eigenvalue weighted by Crippen LogP contribution is -2.66. The van der Waals surface area contributed by atoms with Gasteiger partial charge >= 0.3 is 0 Å². The summed E-state index contributed by atoms with van der Waals surface area (Å²) in [4.78, 5) is 5.50. The van der Waals surface area contributed by atoms with Crippen LogP contribution < -0.4 is 0 Å². The minimum absolute atomic E-state index is 0.176. The van der Waals surface area contributed by atoms with E-state index in [1.807, 2.05) is 0 Å². The van der Waals surface area contributed by atoms with Gasteiger partial charge in [0.25, 0.3) is 0 Å². The van der Waals surface area contributed by atoms with Crippen molar-refractivity contribution in [2.24, 2.45) is 11.8 Å². The van der Waals surface area contributed by atoms with E-state index in [2.05, 4.69) is 108 Å². The van der Waals surface area contributed by atoms with Crippen molar-refractivity contribution < 1.29 is 0 Å². The molecule has 0 saturated carbocycles. The highest BCUT2D eigenvalue weighted by atomic mass is 15.3. The van der Waals surface area contributed by atoms with Crippen LogP contribution in [0.25, 0.3) is 0 Å². The molecule has 2 heteroatoms. The normalized spacial score (nSPS) is 28.9. The molecule has 1 aromatic carbocycles. The lowest BCUT2D eigenvalue weighted by Gasteiger charge is -2.62. The van der Waals surface area contributed by atoms with E-state index in [4.69, 9.17) is 0 Å². The molecule has 1 aromatic rings. The van der Waals surface area contributed by atoms with Gasteiger partial charge in [0.2, 0.25) is 0 Å². The second-order valence-electron chi connectivity index (χ2n) is 12.4. The highest BCUT2D eigenvalue weighted by Gasteiger charge is 2.53. The Morgan fingerprint density at radius 1 is 0.867 bits per heavy atom. The van der Waals surface area contributed by atoms with Gasteiger partial charge in [-0.25, -0.2) is 0 Å². The quantitative estimate of drug-likeness (QED) is 0.487. The molecule has 0 amide bonds. The van der Waals surface area contributed by atoms with Crippen LogP contribution in [-0.2, 0) is 6.54 Å². The van der Waals surface area contributed by atoms with Gasteiger partial charge in [-0.2, -0.15) is 0 Å². The Balaban J connectivity index is 1.90.